The molecule has 0 fully saturated rings. The third-order valence-corrected chi connectivity index (χ3v) is 3.23. The molecule has 0 saturated carbocycles. The molecule has 2 aromatic carbocycles. The minimum Gasteiger partial charge on any atom is -0.459 e. The lowest BCUT2D eigenvalue weighted by molar-refractivity contribution is 0.0996. The number of hydrogen-bond donors (Lipinski definition) is 1. The zero-order valence-electron chi connectivity index (χ0n) is 11.5. The van der Waals surface area contributed by atoms with Crippen molar-refractivity contribution < 1.29 is 13.9 Å². The summed E-state index contributed by atoms with van der Waals surface area (Å²) in [4.78, 5) is 11.8. The van der Waals surface area contributed by atoms with Crippen LogP contribution < -0.4 is 10.1 Å². The SMILES string of the molecule is O=C(Nc1ccc(Oc2ccccc2Cl)cc1)c1ccco1. The van der Waals surface area contributed by atoms with Crippen LogP contribution in [0.15, 0.2) is 71.3 Å². The molecule has 0 aliphatic heterocycles. The largest absolute Gasteiger partial charge is 0.459 e. The second kappa shape index (κ2) is 6.37. The standard InChI is InChI=1S/C17H12ClNO3/c18-14-4-1-2-5-15(14)22-13-9-7-12(8-10-13)19-17(20)16-6-3-11-21-16/h1-11H,(H,19,20). The highest BCUT2D eigenvalue weighted by atomic mass is 35.5. The summed E-state index contributed by atoms with van der Waals surface area (Å²) in [6.45, 7) is 0. The molecule has 0 aliphatic rings. The maximum Gasteiger partial charge on any atom is 0.291 e. The number of carbonyl (C=O) groups is 1. The normalized spacial score (nSPS) is 10.2. The quantitative estimate of drug-likeness (QED) is 0.739. The average molecular weight is 314 g/mol. The first-order valence-electron chi connectivity index (χ1n) is 6.60. The highest BCUT2D eigenvalue weighted by Crippen LogP contribution is 2.29. The predicted molar refractivity (Wildman–Crippen MR) is 84.6 cm³/mol. The summed E-state index contributed by atoms with van der Waals surface area (Å²) < 4.78 is 10.7. The number of carbonyl (C=O) groups excluding carboxylic acids is 1. The summed E-state index contributed by atoms with van der Waals surface area (Å²) in [5.41, 5.74) is 0.646. The molecule has 4 nitrogen and oxygen atoms in total. The van der Waals surface area contributed by atoms with E-state index in [1.54, 1.807) is 48.5 Å². The van der Waals surface area contributed by atoms with Gasteiger partial charge in [-0.3, -0.25) is 4.79 Å². The highest BCUT2D eigenvalue weighted by Gasteiger charge is 2.08. The molecule has 0 aliphatic carbocycles. The first-order chi connectivity index (χ1) is 10.7. The number of anilines is 1. The summed E-state index contributed by atoms with van der Waals surface area (Å²) in [7, 11) is 0. The minimum absolute atomic E-state index is 0.261. The van der Waals surface area contributed by atoms with Crippen LogP contribution in [0.25, 0.3) is 0 Å². The molecule has 1 amide bonds. The lowest BCUT2D eigenvalue weighted by Crippen LogP contribution is -2.10. The van der Waals surface area contributed by atoms with Crippen molar-refractivity contribution in [3.63, 3.8) is 0 Å². The molecule has 0 bridgehead atoms. The Balaban J connectivity index is 1.68. The Kier molecular flexibility index (Phi) is 4.12. The Morgan fingerprint density at radius 2 is 1.77 bits per heavy atom. The van der Waals surface area contributed by atoms with Gasteiger partial charge >= 0.3 is 0 Å². The summed E-state index contributed by atoms with van der Waals surface area (Å²) in [6.07, 6.45) is 1.45. The molecule has 1 heterocycles. The monoisotopic (exact) mass is 313 g/mol. The van der Waals surface area contributed by atoms with Crippen LogP contribution in [-0.2, 0) is 0 Å². The van der Waals surface area contributed by atoms with E-state index >= 15 is 0 Å². The Bertz CT molecular complexity index is 767. The van der Waals surface area contributed by atoms with Crippen LogP contribution >= 0.6 is 11.6 Å². The first-order valence-corrected chi connectivity index (χ1v) is 6.97. The van der Waals surface area contributed by atoms with Gasteiger partial charge in [-0.2, -0.15) is 0 Å². The maximum absolute atomic E-state index is 11.8. The highest BCUT2D eigenvalue weighted by molar-refractivity contribution is 6.32. The van der Waals surface area contributed by atoms with Crippen LogP contribution in [0, 0.1) is 0 Å². The van der Waals surface area contributed by atoms with Gasteiger partial charge in [-0.25, -0.2) is 0 Å². The van der Waals surface area contributed by atoms with Crippen molar-refractivity contribution in [2.45, 2.75) is 0 Å². The summed E-state index contributed by atoms with van der Waals surface area (Å²) >= 11 is 6.04. The minimum atomic E-state index is -0.301. The third kappa shape index (κ3) is 3.30. The van der Waals surface area contributed by atoms with Crippen molar-refractivity contribution in [3.8, 4) is 11.5 Å². The van der Waals surface area contributed by atoms with Crippen LogP contribution in [0.1, 0.15) is 10.6 Å². The van der Waals surface area contributed by atoms with E-state index in [9.17, 15) is 4.79 Å². The van der Waals surface area contributed by atoms with Gasteiger partial charge < -0.3 is 14.5 Å². The van der Waals surface area contributed by atoms with E-state index in [0.29, 0.717) is 22.2 Å². The fourth-order valence-corrected chi connectivity index (χ4v) is 2.04. The van der Waals surface area contributed by atoms with Crippen LogP contribution in [0.5, 0.6) is 11.5 Å². The first kappa shape index (κ1) is 14.2. The van der Waals surface area contributed by atoms with Crippen LogP contribution in [0.3, 0.4) is 0 Å². The Labute approximate surface area is 132 Å². The topological polar surface area (TPSA) is 51.5 Å². The van der Waals surface area contributed by atoms with E-state index in [1.165, 1.54) is 6.26 Å². The van der Waals surface area contributed by atoms with E-state index in [0.717, 1.165) is 0 Å². The van der Waals surface area contributed by atoms with E-state index in [2.05, 4.69) is 5.32 Å². The molecule has 3 rings (SSSR count). The van der Waals surface area contributed by atoms with E-state index < -0.39 is 0 Å². The molecule has 0 atom stereocenters. The van der Waals surface area contributed by atoms with E-state index in [1.807, 2.05) is 12.1 Å². The number of para-hydroxylation sites is 1. The lowest BCUT2D eigenvalue weighted by atomic mass is 10.3. The molecule has 3 aromatic rings. The van der Waals surface area contributed by atoms with Gasteiger partial charge in [0.15, 0.2) is 5.76 Å². The lowest BCUT2D eigenvalue weighted by Gasteiger charge is -2.08. The summed E-state index contributed by atoms with van der Waals surface area (Å²) in [6, 6.07) is 17.5. The number of amides is 1. The van der Waals surface area contributed by atoms with Gasteiger partial charge in [0.05, 0.1) is 11.3 Å². The van der Waals surface area contributed by atoms with Crippen molar-refractivity contribution in [2.24, 2.45) is 0 Å². The molecule has 1 N–H and O–H groups in total. The molecular weight excluding hydrogens is 302 g/mol. The Hall–Kier alpha value is -2.72. The number of benzene rings is 2. The summed E-state index contributed by atoms with van der Waals surface area (Å²) in [5.74, 6) is 1.17. The number of halogens is 1. The fraction of sp³-hybridized carbons (Fsp3) is 0. The maximum atomic E-state index is 11.8. The zero-order valence-corrected chi connectivity index (χ0v) is 12.2. The molecule has 22 heavy (non-hydrogen) atoms. The predicted octanol–water partition coefficient (Wildman–Crippen LogP) is 4.98. The van der Waals surface area contributed by atoms with Gasteiger partial charge in [0.25, 0.3) is 5.91 Å². The third-order valence-electron chi connectivity index (χ3n) is 2.92. The molecule has 110 valence electrons. The van der Waals surface area contributed by atoms with Crippen LogP contribution in [0.2, 0.25) is 5.02 Å². The number of ether oxygens (including phenoxy) is 1. The Morgan fingerprint density at radius 1 is 1.00 bits per heavy atom. The molecule has 0 spiro atoms. The van der Waals surface area contributed by atoms with Crippen LogP contribution in [0.4, 0.5) is 5.69 Å². The molecule has 0 saturated heterocycles. The van der Waals surface area contributed by atoms with Gasteiger partial charge in [-0.15, -0.1) is 0 Å². The van der Waals surface area contributed by atoms with Gasteiger partial charge in [-0.05, 0) is 48.5 Å². The van der Waals surface area contributed by atoms with Crippen molar-refractivity contribution in [1.29, 1.82) is 0 Å². The van der Waals surface area contributed by atoms with Crippen molar-refractivity contribution in [1.82, 2.24) is 0 Å². The second-order valence-electron chi connectivity index (χ2n) is 4.49. The van der Waals surface area contributed by atoms with Crippen molar-refractivity contribution >= 4 is 23.2 Å². The van der Waals surface area contributed by atoms with Crippen LogP contribution in [-0.4, -0.2) is 5.91 Å². The van der Waals surface area contributed by atoms with Gasteiger partial charge in [0, 0.05) is 5.69 Å². The Morgan fingerprint density at radius 3 is 2.45 bits per heavy atom. The molecular formula is C17H12ClNO3. The van der Waals surface area contributed by atoms with Gasteiger partial charge in [0.1, 0.15) is 11.5 Å². The van der Waals surface area contributed by atoms with Crippen molar-refractivity contribution in [2.75, 3.05) is 5.32 Å². The smallest absolute Gasteiger partial charge is 0.291 e. The number of nitrogens with one attached hydrogen (secondary N) is 1. The number of furan rings is 1. The van der Waals surface area contributed by atoms with Gasteiger partial charge in [0.2, 0.25) is 0 Å². The van der Waals surface area contributed by atoms with E-state index in [4.69, 9.17) is 20.8 Å². The number of rotatable bonds is 4. The van der Waals surface area contributed by atoms with E-state index in [-0.39, 0.29) is 11.7 Å². The molecule has 0 radical (unpaired) electrons. The van der Waals surface area contributed by atoms with Crippen molar-refractivity contribution in [3.05, 3.63) is 77.7 Å². The fourth-order valence-electron chi connectivity index (χ4n) is 1.86. The summed E-state index contributed by atoms with van der Waals surface area (Å²) in [5, 5.41) is 3.27. The van der Waals surface area contributed by atoms with Gasteiger partial charge in [-0.1, -0.05) is 23.7 Å². The second-order valence-corrected chi connectivity index (χ2v) is 4.90. The molecule has 1 aromatic heterocycles. The average Bonchev–Trinajstić information content (AvgIpc) is 3.06. The molecule has 0 unspecified atom stereocenters. The zero-order chi connectivity index (χ0) is 15.4. The number of hydrogen-bond acceptors (Lipinski definition) is 3. The molecule has 5 heteroatoms.